The van der Waals surface area contributed by atoms with Crippen LogP contribution in [0.15, 0.2) is 40.9 Å². The number of hydrogen-bond acceptors (Lipinski definition) is 3. The molecule has 1 aromatic rings. The molecule has 0 bridgehead atoms. The first-order chi connectivity index (χ1) is 11.4. The Hall–Kier alpha value is -1.86. The van der Waals surface area contributed by atoms with Gasteiger partial charge in [0.15, 0.2) is 0 Å². The van der Waals surface area contributed by atoms with Crippen LogP contribution >= 0.6 is 0 Å². The summed E-state index contributed by atoms with van der Waals surface area (Å²) >= 11 is 0. The van der Waals surface area contributed by atoms with E-state index in [0.29, 0.717) is 18.9 Å². The topological polar surface area (TPSA) is 101 Å². The van der Waals surface area contributed by atoms with E-state index in [1.165, 1.54) is 43.4 Å². The van der Waals surface area contributed by atoms with E-state index in [1.54, 1.807) is 18.3 Å². The molecule has 6 nitrogen and oxygen atoms in total. The molecule has 0 atom stereocenters. The number of benzene rings is 1. The molecule has 0 aromatic heterocycles. The van der Waals surface area contributed by atoms with Gasteiger partial charge in [-0.05, 0) is 49.8 Å². The minimum absolute atomic E-state index is 0.0875. The lowest BCUT2D eigenvalue weighted by molar-refractivity contribution is 0.244. The average molecular weight is 351 g/mol. The molecule has 1 aliphatic carbocycles. The number of rotatable bonds is 6. The Kier molecular flexibility index (Phi) is 6.39. The number of nitrogens with one attached hydrogen (secondary N) is 2. The highest BCUT2D eigenvalue weighted by Gasteiger charge is 2.16. The third kappa shape index (κ3) is 5.65. The fourth-order valence-corrected chi connectivity index (χ4v) is 3.41. The average Bonchev–Trinajstić information content (AvgIpc) is 3.07. The van der Waals surface area contributed by atoms with E-state index in [-0.39, 0.29) is 10.9 Å². The normalized spacial score (nSPS) is 16.2. The first kappa shape index (κ1) is 18.5. The van der Waals surface area contributed by atoms with Crippen molar-refractivity contribution in [2.75, 3.05) is 6.54 Å². The lowest BCUT2D eigenvalue weighted by Crippen LogP contribution is -2.33. The van der Waals surface area contributed by atoms with Gasteiger partial charge in [-0.25, -0.2) is 18.4 Å². The second kappa shape index (κ2) is 8.30. The Morgan fingerprint density at radius 2 is 1.88 bits per heavy atom. The summed E-state index contributed by atoms with van der Waals surface area (Å²) in [5.41, 5.74) is 2.15. The minimum atomic E-state index is -3.66. The predicted molar refractivity (Wildman–Crippen MR) is 93.8 cm³/mol. The zero-order valence-corrected chi connectivity index (χ0v) is 14.7. The molecule has 4 N–H and O–H groups in total. The van der Waals surface area contributed by atoms with Gasteiger partial charge in [0, 0.05) is 12.7 Å². The van der Waals surface area contributed by atoms with E-state index >= 15 is 0 Å². The van der Waals surface area contributed by atoms with Crippen molar-refractivity contribution in [1.29, 1.82) is 0 Å². The van der Waals surface area contributed by atoms with Crippen LogP contribution in [-0.2, 0) is 16.4 Å². The molecule has 132 valence electrons. The van der Waals surface area contributed by atoms with Crippen LogP contribution in [0.25, 0.3) is 0 Å². The molecule has 0 unspecified atom stereocenters. The molecule has 0 spiro atoms. The van der Waals surface area contributed by atoms with E-state index in [0.717, 1.165) is 5.56 Å². The Morgan fingerprint density at radius 1 is 1.25 bits per heavy atom. The van der Waals surface area contributed by atoms with Gasteiger partial charge in [0.05, 0.1) is 4.90 Å². The summed E-state index contributed by atoms with van der Waals surface area (Å²) in [4.78, 5) is 11.9. The van der Waals surface area contributed by atoms with E-state index in [4.69, 9.17) is 5.14 Å². The van der Waals surface area contributed by atoms with Crippen LogP contribution < -0.4 is 15.8 Å². The summed E-state index contributed by atoms with van der Waals surface area (Å²) in [5.74, 6) is 0.600. The lowest BCUT2D eigenvalue weighted by Gasteiger charge is -2.10. The maximum atomic E-state index is 11.8. The molecule has 1 aliphatic rings. The summed E-state index contributed by atoms with van der Waals surface area (Å²) in [7, 11) is -3.66. The van der Waals surface area contributed by atoms with Crippen molar-refractivity contribution < 1.29 is 13.2 Å². The third-order valence-electron chi connectivity index (χ3n) is 4.38. The van der Waals surface area contributed by atoms with Crippen LogP contribution in [0.5, 0.6) is 0 Å². The number of nitrogens with two attached hydrogens (primary N) is 1. The van der Waals surface area contributed by atoms with Crippen LogP contribution in [0, 0.1) is 5.92 Å². The predicted octanol–water partition coefficient (Wildman–Crippen LogP) is 2.27. The first-order valence-corrected chi connectivity index (χ1v) is 9.73. The minimum Gasteiger partial charge on any atom is -0.338 e. The van der Waals surface area contributed by atoms with Gasteiger partial charge in [0.25, 0.3) is 0 Å². The molecule has 0 heterocycles. The van der Waals surface area contributed by atoms with Gasteiger partial charge < -0.3 is 10.6 Å². The summed E-state index contributed by atoms with van der Waals surface area (Å²) < 4.78 is 22.4. The standard InChI is InChI=1S/C17H25N3O3S/c1-13(15-4-2-3-5-15)12-20-17(21)19-11-10-14-6-8-16(9-7-14)24(18,22)23/h6-9,12,15H,2-5,10-11H2,1H3,(H2,18,22,23)(H2,19,20,21)/b13-12+. The molecule has 2 rings (SSSR count). The Bertz CT molecular complexity index is 690. The van der Waals surface area contributed by atoms with Crippen molar-refractivity contribution >= 4 is 16.1 Å². The van der Waals surface area contributed by atoms with Crippen molar-refractivity contribution in [3.8, 4) is 0 Å². The summed E-state index contributed by atoms with van der Waals surface area (Å²) in [6, 6.07) is 6.11. The van der Waals surface area contributed by atoms with Crippen LogP contribution in [0.1, 0.15) is 38.2 Å². The van der Waals surface area contributed by atoms with Gasteiger partial charge in [-0.3, -0.25) is 0 Å². The van der Waals surface area contributed by atoms with Gasteiger partial charge in [-0.2, -0.15) is 0 Å². The summed E-state index contributed by atoms with van der Waals surface area (Å²) in [6.45, 7) is 2.53. The summed E-state index contributed by atoms with van der Waals surface area (Å²) in [6.07, 6.45) is 7.37. The molecule has 0 saturated heterocycles. The molecule has 7 heteroatoms. The smallest absolute Gasteiger partial charge is 0.318 e. The van der Waals surface area contributed by atoms with Crippen LogP contribution in [0.2, 0.25) is 0 Å². The summed E-state index contributed by atoms with van der Waals surface area (Å²) in [5, 5.41) is 10.6. The van der Waals surface area contributed by atoms with Crippen molar-refractivity contribution in [3.05, 3.63) is 41.6 Å². The van der Waals surface area contributed by atoms with E-state index in [2.05, 4.69) is 17.6 Å². The lowest BCUT2D eigenvalue weighted by atomic mass is 10.0. The number of hydrogen-bond donors (Lipinski definition) is 3. The SMILES string of the molecule is C/C(=C\NC(=O)NCCc1ccc(S(N)(=O)=O)cc1)C1CCCC1. The highest BCUT2D eigenvalue weighted by Crippen LogP contribution is 2.30. The number of carbonyl (C=O) groups excluding carboxylic acids is 1. The van der Waals surface area contributed by atoms with Gasteiger partial charge in [0.1, 0.15) is 0 Å². The zero-order valence-electron chi connectivity index (χ0n) is 13.9. The van der Waals surface area contributed by atoms with Crippen molar-refractivity contribution in [2.24, 2.45) is 11.1 Å². The Balaban J connectivity index is 1.73. The second-order valence-corrected chi connectivity index (χ2v) is 7.77. The molecule has 24 heavy (non-hydrogen) atoms. The molecule has 0 aliphatic heterocycles. The molecular formula is C17H25N3O3S. The molecule has 1 saturated carbocycles. The van der Waals surface area contributed by atoms with Crippen LogP contribution in [0.4, 0.5) is 4.79 Å². The first-order valence-electron chi connectivity index (χ1n) is 8.19. The van der Waals surface area contributed by atoms with E-state index in [1.807, 2.05) is 0 Å². The molecule has 2 amide bonds. The fraction of sp³-hybridized carbons (Fsp3) is 0.471. The number of primary sulfonamides is 1. The van der Waals surface area contributed by atoms with Gasteiger partial charge in [-0.1, -0.05) is 30.5 Å². The van der Waals surface area contributed by atoms with Crippen LogP contribution in [-0.4, -0.2) is 21.0 Å². The molecule has 1 aromatic carbocycles. The molecular weight excluding hydrogens is 326 g/mol. The monoisotopic (exact) mass is 351 g/mol. The number of amides is 2. The van der Waals surface area contributed by atoms with Gasteiger partial charge in [0.2, 0.25) is 10.0 Å². The van der Waals surface area contributed by atoms with Gasteiger partial charge in [-0.15, -0.1) is 0 Å². The molecule has 1 fully saturated rings. The van der Waals surface area contributed by atoms with Crippen molar-refractivity contribution in [3.63, 3.8) is 0 Å². The highest BCUT2D eigenvalue weighted by molar-refractivity contribution is 7.89. The third-order valence-corrected chi connectivity index (χ3v) is 5.31. The number of urea groups is 1. The molecule has 0 radical (unpaired) electrons. The van der Waals surface area contributed by atoms with Gasteiger partial charge >= 0.3 is 6.03 Å². The highest BCUT2D eigenvalue weighted by atomic mass is 32.2. The Morgan fingerprint density at radius 3 is 2.46 bits per heavy atom. The van der Waals surface area contributed by atoms with Crippen molar-refractivity contribution in [2.45, 2.75) is 43.9 Å². The largest absolute Gasteiger partial charge is 0.338 e. The fourth-order valence-electron chi connectivity index (χ4n) is 2.90. The number of carbonyl (C=O) groups is 1. The second-order valence-electron chi connectivity index (χ2n) is 6.21. The maximum Gasteiger partial charge on any atom is 0.318 e. The van der Waals surface area contributed by atoms with Crippen molar-refractivity contribution in [1.82, 2.24) is 10.6 Å². The van der Waals surface area contributed by atoms with E-state index in [9.17, 15) is 13.2 Å². The zero-order chi connectivity index (χ0) is 17.6. The Labute approximate surface area is 143 Å². The number of sulfonamides is 1. The van der Waals surface area contributed by atoms with E-state index < -0.39 is 10.0 Å². The van der Waals surface area contributed by atoms with Crippen LogP contribution in [0.3, 0.4) is 0 Å². The maximum absolute atomic E-state index is 11.8. The number of allylic oxidation sites excluding steroid dienone is 1. The quantitative estimate of drug-likeness (QED) is 0.733.